The second-order valence-electron chi connectivity index (χ2n) is 4.65. The van der Waals surface area contributed by atoms with Gasteiger partial charge in [-0.1, -0.05) is 48.9 Å². The fourth-order valence-electron chi connectivity index (χ4n) is 2.67. The molecular weight excluding hydrogens is 196 g/mol. The molecule has 0 N–H and O–H groups in total. The third kappa shape index (κ3) is 1.21. The maximum atomic E-state index is 11.4. The Balaban J connectivity index is 2.27. The molecule has 0 bridgehead atoms. The van der Waals surface area contributed by atoms with Gasteiger partial charge in [-0.3, -0.25) is 0 Å². The van der Waals surface area contributed by atoms with E-state index in [0.29, 0.717) is 0 Å². The second kappa shape index (κ2) is 3.44. The van der Waals surface area contributed by atoms with E-state index in [1.165, 1.54) is 22.8 Å². The molecule has 0 aliphatic heterocycles. The first-order valence-electron chi connectivity index (χ1n) is 5.80. The standard InChI is InChI=1S/C15H14O/c16-11-15(9-4-10-15)14-8-3-6-12-5-1-2-7-13(12)14/h1-3,5-8,11H,4,9-10H2. The van der Waals surface area contributed by atoms with Gasteiger partial charge >= 0.3 is 0 Å². The second-order valence-corrected chi connectivity index (χ2v) is 4.65. The van der Waals surface area contributed by atoms with E-state index in [0.717, 1.165) is 19.1 Å². The van der Waals surface area contributed by atoms with Crippen LogP contribution in [0.25, 0.3) is 10.8 Å². The van der Waals surface area contributed by atoms with E-state index < -0.39 is 0 Å². The third-order valence-electron chi connectivity index (χ3n) is 3.80. The van der Waals surface area contributed by atoms with Crippen molar-refractivity contribution < 1.29 is 4.79 Å². The zero-order chi connectivity index (χ0) is 11.0. The normalized spacial score (nSPS) is 18.0. The van der Waals surface area contributed by atoms with Crippen LogP contribution < -0.4 is 0 Å². The van der Waals surface area contributed by atoms with Gasteiger partial charge in [-0.25, -0.2) is 0 Å². The number of benzene rings is 2. The first kappa shape index (κ1) is 9.59. The first-order valence-corrected chi connectivity index (χ1v) is 5.80. The molecule has 2 aromatic carbocycles. The molecule has 1 aliphatic carbocycles. The van der Waals surface area contributed by atoms with Gasteiger partial charge in [0, 0.05) is 0 Å². The summed E-state index contributed by atoms with van der Waals surface area (Å²) < 4.78 is 0. The van der Waals surface area contributed by atoms with Crippen LogP contribution in [0.1, 0.15) is 24.8 Å². The molecule has 2 aromatic rings. The summed E-state index contributed by atoms with van der Waals surface area (Å²) in [5, 5.41) is 2.46. The lowest BCUT2D eigenvalue weighted by atomic mass is 9.64. The largest absolute Gasteiger partial charge is 0.302 e. The van der Waals surface area contributed by atoms with Crippen molar-refractivity contribution in [2.24, 2.45) is 0 Å². The highest BCUT2D eigenvalue weighted by Gasteiger charge is 2.39. The fourth-order valence-corrected chi connectivity index (χ4v) is 2.67. The van der Waals surface area contributed by atoms with Crippen molar-refractivity contribution in [3.05, 3.63) is 48.0 Å². The van der Waals surface area contributed by atoms with Gasteiger partial charge < -0.3 is 4.79 Å². The van der Waals surface area contributed by atoms with Crippen molar-refractivity contribution in [1.82, 2.24) is 0 Å². The molecule has 0 spiro atoms. The molecule has 0 radical (unpaired) electrons. The van der Waals surface area contributed by atoms with Crippen molar-refractivity contribution in [3.8, 4) is 0 Å². The van der Waals surface area contributed by atoms with E-state index in [2.05, 4.69) is 30.3 Å². The van der Waals surface area contributed by atoms with Crippen LogP contribution in [0.4, 0.5) is 0 Å². The SMILES string of the molecule is O=CC1(c2cccc3ccccc23)CCC1. The van der Waals surface area contributed by atoms with Crippen LogP contribution in [0.2, 0.25) is 0 Å². The number of carbonyl (C=O) groups is 1. The number of rotatable bonds is 2. The summed E-state index contributed by atoms with van der Waals surface area (Å²) >= 11 is 0. The molecule has 0 amide bonds. The zero-order valence-corrected chi connectivity index (χ0v) is 9.15. The Morgan fingerprint density at radius 3 is 2.44 bits per heavy atom. The lowest BCUT2D eigenvalue weighted by molar-refractivity contribution is -0.115. The van der Waals surface area contributed by atoms with Gasteiger partial charge in [0.2, 0.25) is 0 Å². The van der Waals surface area contributed by atoms with E-state index in [9.17, 15) is 4.79 Å². The lowest BCUT2D eigenvalue weighted by Gasteiger charge is -2.37. The molecular formula is C15H14O. The Kier molecular flexibility index (Phi) is 2.06. The summed E-state index contributed by atoms with van der Waals surface area (Å²) in [5.41, 5.74) is 1.02. The minimum absolute atomic E-state index is 0.194. The van der Waals surface area contributed by atoms with Crippen LogP contribution in [0.5, 0.6) is 0 Å². The molecule has 1 nitrogen and oxygen atoms in total. The Morgan fingerprint density at radius 1 is 1.00 bits per heavy atom. The van der Waals surface area contributed by atoms with Crippen LogP contribution in [-0.2, 0) is 10.2 Å². The molecule has 1 aliphatic rings. The number of hydrogen-bond acceptors (Lipinski definition) is 1. The quantitative estimate of drug-likeness (QED) is 0.694. The smallest absolute Gasteiger partial charge is 0.130 e. The molecule has 0 heterocycles. The summed E-state index contributed by atoms with van der Waals surface area (Å²) in [6.07, 6.45) is 4.33. The lowest BCUT2D eigenvalue weighted by Crippen LogP contribution is -2.35. The number of hydrogen-bond donors (Lipinski definition) is 0. The maximum Gasteiger partial charge on any atom is 0.130 e. The molecule has 1 heteroatoms. The van der Waals surface area contributed by atoms with Gasteiger partial charge in [0.25, 0.3) is 0 Å². The van der Waals surface area contributed by atoms with E-state index in [1.807, 2.05) is 12.1 Å². The van der Waals surface area contributed by atoms with Crippen LogP contribution in [-0.4, -0.2) is 6.29 Å². The molecule has 1 fully saturated rings. The number of carbonyl (C=O) groups excluding carboxylic acids is 1. The molecule has 0 atom stereocenters. The minimum Gasteiger partial charge on any atom is -0.302 e. The van der Waals surface area contributed by atoms with Gasteiger partial charge in [0.1, 0.15) is 6.29 Å². The Morgan fingerprint density at radius 2 is 1.75 bits per heavy atom. The van der Waals surface area contributed by atoms with Gasteiger partial charge in [-0.05, 0) is 29.2 Å². The van der Waals surface area contributed by atoms with Crippen molar-refractivity contribution in [1.29, 1.82) is 0 Å². The van der Waals surface area contributed by atoms with E-state index in [1.54, 1.807) is 0 Å². The average Bonchev–Trinajstić information content (AvgIpc) is 2.29. The zero-order valence-electron chi connectivity index (χ0n) is 9.15. The predicted molar refractivity (Wildman–Crippen MR) is 65.5 cm³/mol. The predicted octanol–water partition coefficient (Wildman–Crippen LogP) is 3.46. The Hall–Kier alpha value is -1.63. The van der Waals surface area contributed by atoms with Crippen LogP contribution in [0.15, 0.2) is 42.5 Å². The summed E-state index contributed by atoms with van der Waals surface area (Å²) in [7, 11) is 0. The number of aldehydes is 1. The van der Waals surface area contributed by atoms with E-state index >= 15 is 0 Å². The van der Waals surface area contributed by atoms with Crippen LogP contribution >= 0.6 is 0 Å². The Labute approximate surface area is 95.1 Å². The van der Waals surface area contributed by atoms with Gasteiger partial charge in [-0.15, -0.1) is 0 Å². The number of fused-ring (bicyclic) bond motifs is 1. The fraction of sp³-hybridized carbons (Fsp3) is 0.267. The monoisotopic (exact) mass is 210 g/mol. The average molecular weight is 210 g/mol. The van der Waals surface area contributed by atoms with Gasteiger partial charge in [0.05, 0.1) is 5.41 Å². The van der Waals surface area contributed by atoms with Crippen LogP contribution in [0, 0.1) is 0 Å². The first-order chi connectivity index (χ1) is 7.86. The third-order valence-corrected chi connectivity index (χ3v) is 3.80. The van der Waals surface area contributed by atoms with Gasteiger partial charge in [-0.2, -0.15) is 0 Å². The van der Waals surface area contributed by atoms with Crippen molar-refractivity contribution in [3.63, 3.8) is 0 Å². The van der Waals surface area contributed by atoms with Crippen molar-refractivity contribution >= 4 is 17.1 Å². The summed E-state index contributed by atoms with van der Waals surface area (Å²) in [5.74, 6) is 0. The molecule has 3 rings (SSSR count). The van der Waals surface area contributed by atoms with Crippen molar-refractivity contribution in [2.75, 3.05) is 0 Å². The molecule has 0 saturated heterocycles. The summed E-state index contributed by atoms with van der Waals surface area (Å²) in [4.78, 5) is 11.4. The summed E-state index contributed by atoms with van der Waals surface area (Å²) in [6.45, 7) is 0. The highest BCUT2D eigenvalue weighted by atomic mass is 16.1. The Bertz CT molecular complexity index is 533. The molecule has 0 aromatic heterocycles. The molecule has 80 valence electrons. The highest BCUT2D eigenvalue weighted by Crippen LogP contribution is 2.44. The van der Waals surface area contributed by atoms with Crippen molar-refractivity contribution in [2.45, 2.75) is 24.7 Å². The van der Waals surface area contributed by atoms with Gasteiger partial charge in [0.15, 0.2) is 0 Å². The summed E-state index contributed by atoms with van der Waals surface area (Å²) in [6, 6.07) is 14.6. The molecule has 0 unspecified atom stereocenters. The topological polar surface area (TPSA) is 17.1 Å². The molecule has 16 heavy (non-hydrogen) atoms. The minimum atomic E-state index is -0.194. The maximum absolute atomic E-state index is 11.4. The van der Waals surface area contributed by atoms with E-state index in [4.69, 9.17) is 0 Å². The molecule has 1 saturated carbocycles. The van der Waals surface area contributed by atoms with Crippen LogP contribution in [0.3, 0.4) is 0 Å². The highest BCUT2D eigenvalue weighted by molar-refractivity contribution is 5.90. The van der Waals surface area contributed by atoms with E-state index in [-0.39, 0.29) is 5.41 Å².